The second-order valence-corrected chi connectivity index (χ2v) is 5.24. The summed E-state index contributed by atoms with van der Waals surface area (Å²) >= 11 is 0. The average molecular weight is 285 g/mol. The highest BCUT2D eigenvalue weighted by Gasteiger charge is 2.21. The van der Waals surface area contributed by atoms with Gasteiger partial charge in [0.1, 0.15) is 11.5 Å². The summed E-state index contributed by atoms with van der Waals surface area (Å²) in [4.78, 5) is 0. The predicted octanol–water partition coefficient (Wildman–Crippen LogP) is 3.79. The molecule has 0 aliphatic carbocycles. The van der Waals surface area contributed by atoms with Gasteiger partial charge in [0.2, 0.25) is 0 Å². The lowest BCUT2D eigenvalue weighted by molar-refractivity contribution is 0.389. The Bertz CT molecular complexity index is 533. The van der Waals surface area contributed by atoms with E-state index in [1.165, 1.54) is 0 Å². The molecule has 0 saturated carbocycles. The maximum absolute atomic E-state index is 5.52. The highest BCUT2D eigenvalue weighted by atomic mass is 16.5. The fourth-order valence-corrected chi connectivity index (χ4v) is 2.49. The van der Waals surface area contributed by atoms with Crippen molar-refractivity contribution in [3.8, 4) is 11.5 Å². The molecule has 2 rings (SSSR count). The van der Waals surface area contributed by atoms with Crippen LogP contribution in [-0.2, 0) is 0 Å². The third-order valence-electron chi connectivity index (χ3n) is 3.40. The minimum atomic E-state index is 0.0253. The summed E-state index contributed by atoms with van der Waals surface area (Å²) < 4.78 is 11.0. The van der Waals surface area contributed by atoms with Crippen LogP contribution in [0.2, 0.25) is 0 Å². The van der Waals surface area contributed by atoms with Crippen LogP contribution in [0.3, 0.4) is 0 Å². The molecule has 0 aromatic heterocycles. The van der Waals surface area contributed by atoms with Crippen LogP contribution in [0.5, 0.6) is 11.5 Å². The van der Waals surface area contributed by atoms with E-state index < -0.39 is 0 Å². The lowest BCUT2D eigenvalue weighted by atomic mass is 9.96. The number of hydrogen-bond donors (Lipinski definition) is 1. The number of rotatable bonds is 6. The molecule has 0 unspecified atom stereocenters. The summed E-state index contributed by atoms with van der Waals surface area (Å²) in [7, 11) is 3.40. The fraction of sp³-hybridized carbons (Fsp3) is 0.333. The van der Waals surface area contributed by atoms with Crippen LogP contribution >= 0.6 is 0 Å². The van der Waals surface area contributed by atoms with E-state index in [1.54, 1.807) is 14.2 Å². The van der Waals surface area contributed by atoms with E-state index in [0.29, 0.717) is 6.04 Å². The molecule has 0 heterocycles. The molecular weight excluding hydrogens is 262 g/mol. The summed E-state index contributed by atoms with van der Waals surface area (Å²) in [5.41, 5.74) is 2.22. The number of methoxy groups -OCH3 is 2. The molecule has 3 heteroatoms. The number of nitrogens with one attached hydrogen (secondary N) is 1. The molecule has 112 valence electrons. The van der Waals surface area contributed by atoms with E-state index in [0.717, 1.165) is 22.6 Å². The number of benzene rings is 2. The molecule has 3 nitrogen and oxygen atoms in total. The lowest BCUT2D eigenvalue weighted by Gasteiger charge is -2.25. The van der Waals surface area contributed by atoms with Gasteiger partial charge in [-0.05, 0) is 26.0 Å². The molecule has 2 aromatic carbocycles. The van der Waals surface area contributed by atoms with Crippen molar-refractivity contribution in [2.75, 3.05) is 14.2 Å². The minimum absolute atomic E-state index is 0.0253. The van der Waals surface area contributed by atoms with Crippen molar-refractivity contribution in [1.82, 2.24) is 5.32 Å². The zero-order valence-electron chi connectivity index (χ0n) is 13.1. The summed E-state index contributed by atoms with van der Waals surface area (Å²) in [5.74, 6) is 1.75. The minimum Gasteiger partial charge on any atom is -0.496 e. The van der Waals surface area contributed by atoms with E-state index in [-0.39, 0.29) is 6.04 Å². The van der Waals surface area contributed by atoms with Crippen LogP contribution in [0.4, 0.5) is 0 Å². The number of ether oxygens (including phenoxy) is 2. The Morgan fingerprint density at radius 3 is 1.57 bits per heavy atom. The van der Waals surface area contributed by atoms with Gasteiger partial charge in [0, 0.05) is 17.2 Å². The van der Waals surface area contributed by atoms with Crippen LogP contribution in [0.1, 0.15) is 31.0 Å². The van der Waals surface area contributed by atoms with Gasteiger partial charge in [0.25, 0.3) is 0 Å². The predicted molar refractivity (Wildman–Crippen MR) is 86.1 cm³/mol. The van der Waals surface area contributed by atoms with Gasteiger partial charge in [0.05, 0.1) is 20.3 Å². The summed E-state index contributed by atoms with van der Waals surface area (Å²) in [6.07, 6.45) is 0. The normalized spacial score (nSPS) is 11.0. The smallest absolute Gasteiger partial charge is 0.123 e. The largest absolute Gasteiger partial charge is 0.496 e. The van der Waals surface area contributed by atoms with Gasteiger partial charge in [-0.1, -0.05) is 36.4 Å². The first-order chi connectivity index (χ1) is 10.2. The number of para-hydroxylation sites is 2. The van der Waals surface area contributed by atoms with Crippen molar-refractivity contribution in [3.05, 3.63) is 59.7 Å². The second kappa shape index (κ2) is 7.14. The van der Waals surface area contributed by atoms with Crippen molar-refractivity contribution in [2.45, 2.75) is 25.9 Å². The van der Waals surface area contributed by atoms with E-state index in [2.05, 4.69) is 31.3 Å². The molecule has 1 N–H and O–H groups in total. The molecule has 0 amide bonds. The van der Waals surface area contributed by atoms with Crippen molar-refractivity contribution < 1.29 is 9.47 Å². The first-order valence-electron chi connectivity index (χ1n) is 7.19. The Morgan fingerprint density at radius 2 is 1.19 bits per heavy atom. The Labute approximate surface area is 126 Å². The van der Waals surface area contributed by atoms with Crippen molar-refractivity contribution >= 4 is 0 Å². The van der Waals surface area contributed by atoms with Gasteiger partial charge in [-0.25, -0.2) is 0 Å². The topological polar surface area (TPSA) is 30.5 Å². The Hall–Kier alpha value is -2.00. The highest BCUT2D eigenvalue weighted by molar-refractivity contribution is 5.46. The van der Waals surface area contributed by atoms with E-state index in [4.69, 9.17) is 9.47 Å². The zero-order chi connectivity index (χ0) is 15.2. The fourth-order valence-electron chi connectivity index (χ4n) is 2.49. The SMILES string of the molecule is COc1ccccc1C(NC(C)C)c1ccccc1OC. The number of hydrogen-bond acceptors (Lipinski definition) is 3. The van der Waals surface area contributed by atoms with Gasteiger partial charge >= 0.3 is 0 Å². The van der Waals surface area contributed by atoms with Gasteiger partial charge < -0.3 is 14.8 Å². The van der Waals surface area contributed by atoms with Crippen molar-refractivity contribution in [2.24, 2.45) is 0 Å². The zero-order valence-corrected chi connectivity index (χ0v) is 13.1. The Balaban J connectivity index is 2.52. The van der Waals surface area contributed by atoms with Gasteiger partial charge in [0.15, 0.2) is 0 Å². The van der Waals surface area contributed by atoms with Crippen LogP contribution in [0.25, 0.3) is 0 Å². The van der Waals surface area contributed by atoms with Crippen LogP contribution in [0, 0.1) is 0 Å². The molecule has 2 aromatic rings. The summed E-state index contributed by atoms with van der Waals surface area (Å²) in [6.45, 7) is 4.27. The van der Waals surface area contributed by atoms with Crippen molar-refractivity contribution in [3.63, 3.8) is 0 Å². The molecule has 0 spiro atoms. The van der Waals surface area contributed by atoms with Gasteiger partial charge in [-0.15, -0.1) is 0 Å². The third-order valence-corrected chi connectivity index (χ3v) is 3.40. The van der Waals surface area contributed by atoms with E-state index in [1.807, 2.05) is 36.4 Å². The first-order valence-corrected chi connectivity index (χ1v) is 7.19. The highest BCUT2D eigenvalue weighted by Crippen LogP contribution is 2.34. The second-order valence-electron chi connectivity index (χ2n) is 5.24. The molecule has 0 fully saturated rings. The van der Waals surface area contributed by atoms with Gasteiger partial charge in [-0.3, -0.25) is 0 Å². The van der Waals surface area contributed by atoms with Crippen LogP contribution in [-0.4, -0.2) is 20.3 Å². The molecule has 21 heavy (non-hydrogen) atoms. The van der Waals surface area contributed by atoms with Gasteiger partial charge in [-0.2, -0.15) is 0 Å². The first kappa shape index (κ1) is 15.4. The van der Waals surface area contributed by atoms with Crippen LogP contribution in [0.15, 0.2) is 48.5 Å². The summed E-state index contributed by atoms with van der Waals surface area (Å²) in [5, 5.41) is 3.60. The maximum Gasteiger partial charge on any atom is 0.123 e. The summed E-state index contributed by atoms with van der Waals surface area (Å²) in [6, 6.07) is 16.5. The quantitative estimate of drug-likeness (QED) is 0.876. The molecule has 0 aliphatic heterocycles. The average Bonchev–Trinajstić information content (AvgIpc) is 2.52. The molecule has 0 aliphatic rings. The van der Waals surface area contributed by atoms with Crippen LogP contribution < -0.4 is 14.8 Å². The molecule has 0 radical (unpaired) electrons. The monoisotopic (exact) mass is 285 g/mol. The molecule has 0 bridgehead atoms. The maximum atomic E-state index is 5.52. The van der Waals surface area contributed by atoms with E-state index >= 15 is 0 Å². The van der Waals surface area contributed by atoms with Crippen molar-refractivity contribution in [1.29, 1.82) is 0 Å². The Morgan fingerprint density at radius 1 is 0.762 bits per heavy atom. The Kier molecular flexibility index (Phi) is 5.23. The molecule has 0 saturated heterocycles. The third kappa shape index (κ3) is 3.56. The molecule has 0 atom stereocenters. The van der Waals surface area contributed by atoms with E-state index in [9.17, 15) is 0 Å². The molecular formula is C18H23NO2. The standard InChI is InChI=1S/C18H23NO2/c1-13(2)19-18(14-9-5-7-11-16(14)20-3)15-10-6-8-12-17(15)21-4/h5-13,18-19H,1-4H3. The lowest BCUT2D eigenvalue weighted by Crippen LogP contribution is -2.29.